The van der Waals surface area contributed by atoms with Gasteiger partial charge in [-0.1, -0.05) is 0 Å². The number of amides is 1. The Labute approximate surface area is 122 Å². The van der Waals surface area contributed by atoms with Crippen LogP contribution in [0.5, 0.6) is 0 Å². The van der Waals surface area contributed by atoms with E-state index in [-0.39, 0.29) is 11.9 Å². The Kier molecular flexibility index (Phi) is 3.50. The molecule has 0 bridgehead atoms. The average molecular weight is 289 g/mol. The molecule has 0 radical (unpaired) electrons. The van der Waals surface area contributed by atoms with Crippen LogP contribution in [0, 0.1) is 13.8 Å². The summed E-state index contributed by atoms with van der Waals surface area (Å²) in [5, 5.41) is 4.24. The molecule has 0 aliphatic carbocycles. The summed E-state index contributed by atoms with van der Waals surface area (Å²) in [5.41, 5.74) is 2.34. The van der Waals surface area contributed by atoms with Crippen LogP contribution in [0.1, 0.15) is 33.6 Å². The average Bonchev–Trinajstić information content (AvgIpc) is 3.04. The largest absolute Gasteiger partial charge is 0.377 e. The Morgan fingerprint density at radius 3 is 2.90 bits per heavy atom. The number of imidazole rings is 1. The predicted octanol–water partition coefficient (Wildman–Crippen LogP) is 0.974. The lowest BCUT2D eigenvalue weighted by Gasteiger charge is -2.34. The first-order valence-corrected chi connectivity index (χ1v) is 6.96. The molecule has 2 aromatic heterocycles. The molecule has 1 aliphatic rings. The molecule has 2 aromatic rings. The van der Waals surface area contributed by atoms with Gasteiger partial charge in [0.2, 0.25) is 0 Å². The van der Waals surface area contributed by atoms with Crippen molar-refractivity contribution < 1.29 is 9.53 Å². The van der Waals surface area contributed by atoms with Gasteiger partial charge >= 0.3 is 0 Å². The Hall–Kier alpha value is -2.15. The van der Waals surface area contributed by atoms with Gasteiger partial charge in [0.05, 0.1) is 24.5 Å². The first-order valence-electron chi connectivity index (χ1n) is 6.96. The van der Waals surface area contributed by atoms with Crippen LogP contribution in [-0.2, 0) is 11.8 Å². The number of hydrogen-bond acceptors (Lipinski definition) is 4. The molecule has 1 atom stereocenters. The van der Waals surface area contributed by atoms with Crippen LogP contribution in [0.2, 0.25) is 0 Å². The molecule has 1 amide bonds. The number of H-pyrrole nitrogens is 1. The molecule has 7 heteroatoms. The molecule has 1 aliphatic heterocycles. The lowest BCUT2D eigenvalue weighted by molar-refractivity contribution is -0.00505. The molecule has 21 heavy (non-hydrogen) atoms. The van der Waals surface area contributed by atoms with Crippen LogP contribution in [-0.4, -0.2) is 50.3 Å². The van der Waals surface area contributed by atoms with Crippen LogP contribution in [0.25, 0.3) is 0 Å². The first kappa shape index (κ1) is 13.8. The van der Waals surface area contributed by atoms with Gasteiger partial charge in [-0.2, -0.15) is 5.10 Å². The number of nitrogens with zero attached hydrogens (tertiary/aromatic N) is 4. The molecule has 7 nitrogen and oxygen atoms in total. The van der Waals surface area contributed by atoms with Crippen molar-refractivity contribution in [2.24, 2.45) is 7.05 Å². The summed E-state index contributed by atoms with van der Waals surface area (Å²) in [7, 11) is 1.82. The maximum absolute atomic E-state index is 12.8. The fraction of sp³-hybridized carbons (Fsp3) is 0.500. The maximum Gasteiger partial charge on any atom is 0.258 e. The van der Waals surface area contributed by atoms with Gasteiger partial charge in [-0.3, -0.25) is 9.48 Å². The van der Waals surface area contributed by atoms with Crippen molar-refractivity contribution in [3.63, 3.8) is 0 Å². The highest BCUT2D eigenvalue weighted by Crippen LogP contribution is 2.24. The SMILES string of the molecule is Cc1cnc(C2COCCN2C(=O)c2cn(C)nc2C)[nH]1. The third kappa shape index (κ3) is 2.56. The summed E-state index contributed by atoms with van der Waals surface area (Å²) in [4.78, 5) is 22.2. The zero-order chi connectivity index (χ0) is 15.0. The van der Waals surface area contributed by atoms with Crippen molar-refractivity contribution in [1.29, 1.82) is 0 Å². The van der Waals surface area contributed by atoms with E-state index < -0.39 is 0 Å². The van der Waals surface area contributed by atoms with Gasteiger partial charge in [0.1, 0.15) is 11.9 Å². The smallest absolute Gasteiger partial charge is 0.258 e. The van der Waals surface area contributed by atoms with Gasteiger partial charge in [-0.15, -0.1) is 0 Å². The zero-order valence-corrected chi connectivity index (χ0v) is 12.5. The van der Waals surface area contributed by atoms with E-state index in [1.807, 2.05) is 25.8 Å². The van der Waals surface area contributed by atoms with Gasteiger partial charge in [0, 0.05) is 31.7 Å². The van der Waals surface area contributed by atoms with Crippen molar-refractivity contribution in [3.05, 3.63) is 35.2 Å². The second kappa shape index (κ2) is 5.33. The number of hydrogen-bond donors (Lipinski definition) is 1. The van der Waals surface area contributed by atoms with Crippen LogP contribution < -0.4 is 0 Å². The molecule has 1 unspecified atom stereocenters. The molecule has 112 valence electrons. The van der Waals surface area contributed by atoms with Crippen LogP contribution in [0.4, 0.5) is 0 Å². The van der Waals surface area contributed by atoms with Crippen LogP contribution >= 0.6 is 0 Å². The molecule has 1 N–H and O–H groups in total. The Morgan fingerprint density at radius 1 is 1.48 bits per heavy atom. The van der Waals surface area contributed by atoms with Crippen molar-refractivity contribution >= 4 is 5.91 Å². The minimum absolute atomic E-state index is 0.0250. The molecule has 3 rings (SSSR count). The number of carbonyl (C=O) groups is 1. The van der Waals surface area contributed by atoms with E-state index in [0.29, 0.717) is 25.3 Å². The monoisotopic (exact) mass is 289 g/mol. The second-order valence-electron chi connectivity index (χ2n) is 5.34. The molecule has 0 aromatic carbocycles. The number of aromatic nitrogens is 4. The lowest BCUT2D eigenvalue weighted by Crippen LogP contribution is -2.44. The predicted molar refractivity (Wildman–Crippen MR) is 75.9 cm³/mol. The van der Waals surface area contributed by atoms with Gasteiger partial charge < -0.3 is 14.6 Å². The van der Waals surface area contributed by atoms with Gasteiger partial charge in [0.15, 0.2) is 0 Å². The Morgan fingerprint density at radius 2 is 2.29 bits per heavy atom. The van der Waals surface area contributed by atoms with Gasteiger partial charge in [-0.05, 0) is 13.8 Å². The highest BCUT2D eigenvalue weighted by molar-refractivity contribution is 5.95. The number of nitrogens with one attached hydrogen (secondary N) is 1. The number of ether oxygens (including phenoxy) is 1. The summed E-state index contributed by atoms with van der Waals surface area (Å²) < 4.78 is 7.18. The van der Waals surface area contributed by atoms with Crippen molar-refractivity contribution in [2.45, 2.75) is 19.9 Å². The molecule has 0 spiro atoms. The second-order valence-corrected chi connectivity index (χ2v) is 5.34. The van der Waals surface area contributed by atoms with Crippen LogP contribution in [0.15, 0.2) is 12.4 Å². The summed E-state index contributed by atoms with van der Waals surface area (Å²) in [6.07, 6.45) is 3.53. The number of aryl methyl sites for hydroxylation is 3. The number of carbonyl (C=O) groups excluding carboxylic acids is 1. The molecular weight excluding hydrogens is 270 g/mol. The molecular formula is C14H19N5O2. The fourth-order valence-corrected chi connectivity index (χ4v) is 2.64. The minimum atomic E-state index is -0.181. The van der Waals surface area contributed by atoms with E-state index >= 15 is 0 Å². The Bertz CT molecular complexity index is 660. The normalized spacial score (nSPS) is 19.0. The number of morpholine rings is 1. The third-order valence-electron chi connectivity index (χ3n) is 3.67. The highest BCUT2D eigenvalue weighted by Gasteiger charge is 2.32. The van der Waals surface area contributed by atoms with Gasteiger partial charge in [-0.25, -0.2) is 4.98 Å². The molecule has 3 heterocycles. The Balaban J connectivity index is 1.90. The van der Waals surface area contributed by atoms with Crippen molar-refractivity contribution in [1.82, 2.24) is 24.6 Å². The standard InChI is InChI=1S/C14H19N5O2/c1-9-6-15-13(16-9)12-8-21-5-4-19(12)14(20)11-7-18(3)17-10(11)2/h6-7,12H,4-5,8H2,1-3H3,(H,15,16). The number of aromatic amines is 1. The van der Waals surface area contributed by atoms with E-state index in [0.717, 1.165) is 17.2 Å². The van der Waals surface area contributed by atoms with Gasteiger partial charge in [0.25, 0.3) is 5.91 Å². The minimum Gasteiger partial charge on any atom is -0.377 e. The zero-order valence-electron chi connectivity index (χ0n) is 12.5. The molecule has 1 saturated heterocycles. The lowest BCUT2D eigenvalue weighted by atomic mass is 10.1. The third-order valence-corrected chi connectivity index (χ3v) is 3.67. The maximum atomic E-state index is 12.8. The quantitative estimate of drug-likeness (QED) is 0.894. The van der Waals surface area contributed by atoms with E-state index in [1.165, 1.54) is 0 Å². The van der Waals surface area contributed by atoms with E-state index in [1.54, 1.807) is 17.1 Å². The summed E-state index contributed by atoms with van der Waals surface area (Å²) in [6, 6.07) is -0.181. The van der Waals surface area contributed by atoms with Crippen molar-refractivity contribution in [3.8, 4) is 0 Å². The summed E-state index contributed by atoms with van der Waals surface area (Å²) in [5.74, 6) is 0.741. The topological polar surface area (TPSA) is 76.0 Å². The van der Waals surface area contributed by atoms with E-state index in [4.69, 9.17) is 4.74 Å². The molecule has 1 fully saturated rings. The van der Waals surface area contributed by atoms with E-state index in [9.17, 15) is 4.79 Å². The fourth-order valence-electron chi connectivity index (χ4n) is 2.64. The number of rotatable bonds is 2. The molecule has 0 saturated carbocycles. The van der Waals surface area contributed by atoms with Crippen molar-refractivity contribution in [2.75, 3.05) is 19.8 Å². The van der Waals surface area contributed by atoms with Crippen LogP contribution in [0.3, 0.4) is 0 Å². The highest BCUT2D eigenvalue weighted by atomic mass is 16.5. The van der Waals surface area contributed by atoms with E-state index in [2.05, 4.69) is 15.1 Å². The summed E-state index contributed by atoms with van der Waals surface area (Å²) in [6.45, 7) is 5.34. The first-order chi connectivity index (χ1) is 10.1. The summed E-state index contributed by atoms with van der Waals surface area (Å²) >= 11 is 0.